The number of pyridine rings is 1. The second-order valence-corrected chi connectivity index (χ2v) is 6.67. The summed E-state index contributed by atoms with van der Waals surface area (Å²) in [5.41, 5.74) is 4.56. The van der Waals surface area contributed by atoms with Crippen LogP contribution in [0, 0.1) is 0 Å². The Balaban J connectivity index is 1.49. The summed E-state index contributed by atoms with van der Waals surface area (Å²) >= 11 is 0. The smallest absolute Gasteiger partial charge is 0.160 e. The lowest BCUT2D eigenvalue weighted by Gasteiger charge is -2.26. The summed E-state index contributed by atoms with van der Waals surface area (Å²) in [5, 5.41) is 3.65. The van der Waals surface area contributed by atoms with Gasteiger partial charge in [-0.25, -0.2) is 9.97 Å². The number of furan rings is 1. The van der Waals surface area contributed by atoms with Crippen LogP contribution in [0.5, 0.6) is 0 Å². The Morgan fingerprint density at radius 3 is 3.08 bits per heavy atom. The van der Waals surface area contributed by atoms with Crippen molar-refractivity contribution in [3.8, 4) is 11.4 Å². The first-order chi connectivity index (χ1) is 12.8. The van der Waals surface area contributed by atoms with Crippen molar-refractivity contribution in [1.29, 1.82) is 0 Å². The lowest BCUT2D eigenvalue weighted by Crippen LogP contribution is -2.27. The summed E-state index contributed by atoms with van der Waals surface area (Å²) in [6.45, 7) is 2.93. The first-order valence-corrected chi connectivity index (χ1v) is 9.00. The van der Waals surface area contributed by atoms with Crippen molar-refractivity contribution in [2.45, 2.75) is 32.2 Å². The minimum absolute atomic E-state index is 0.293. The summed E-state index contributed by atoms with van der Waals surface area (Å²) in [6.07, 6.45) is 12.6. The molecular formula is C21H22N4O. The van der Waals surface area contributed by atoms with Gasteiger partial charge in [-0.05, 0) is 56.5 Å². The molecule has 1 aliphatic rings. The molecule has 0 radical (unpaired) electrons. The molecular weight excluding hydrogens is 324 g/mol. The van der Waals surface area contributed by atoms with Gasteiger partial charge in [-0.1, -0.05) is 5.57 Å². The zero-order chi connectivity index (χ0) is 17.8. The Bertz CT molecular complexity index is 888. The molecule has 26 heavy (non-hydrogen) atoms. The molecule has 4 rings (SSSR count). The largest absolute Gasteiger partial charge is 0.465 e. The Morgan fingerprint density at radius 1 is 1.31 bits per heavy atom. The predicted octanol–water partition coefficient (Wildman–Crippen LogP) is 4.20. The van der Waals surface area contributed by atoms with E-state index in [9.17, 15) is 0 Å². The van der Waals surface area contributed by atoms with E-state index in [0.717, 1.165) is 48.6 Å². The second kappa shape index (κ2) is 7.62. The number of fused-ring (bicyclic) bond motifs is 1. The number of hydrogen-bond donors (Lipinski definition) is 1. The van der Waals surface area contributed by atoms with Crippen LogP contribution >= 0.6 is 0 Å². The van der Waals surface area contributed by atoms with Crippen LogP contribution in [0.2, 0.25) is 0 Å². The monoisotopic (exact) mass is 346 g/mol. The van der Waals surface area contributed by atoms with E-state index in [2.05, 4.69) is 28.3 Å². The van der Waals surface area contributed by atoms with Crippen LogP contribution in [0.15, 0.2) is 59.1 Å². The molecule has 1 atom stereocenters. The van der Waals surface area contributed by atoms with Crippen LogP contribution in [-0.4, -0.2) is 21.5 Å². The highest BCUT2D eigenvalue weighted by molar-refractivity contribution is 5.53. The average molecular weight is 346 g/mol. The number of hydrogen-bond acceptors (Lipinski definition) is 5. The zero-order valence-electron chi connectivity index (χ0n) is 14.9. The van der Waals surface area contributed by atoms with Gasteiger partial charge in [-0.15, -0.1) is 0 Å². The standard InChI is InChI=1S/C21H22N4O/c1-15(11-17-6-4-10-26-17)12-23-19-7-2-8-20-18(19)14-24-21(25-20)16-5-3-9-22-13-16/h3-6,9-11,13-14,19,23H,2,7-8,12H2,1H3. The van der Waals surface area contributed by atoms with Crippen molar-refractivity contribution in [2.75, 3.05) is 6.54 Å². The van der Waals surface area contributed by atoms with Gasteiger partial charge in [0, 0.05) is 48.0 Å². The van der Waals surface area contributed by atoms with Gasteiger partial charge in [0.15, 0.2) is 5.82 Å². The number of rotatable bonds is 5. The molecule has 1 aliphatic carbocycles. The van der Waals surface area contributed by atoms with E-state index in [1.807, 2.05) is 36.7 Å². The van der Waals surface area contributed by atoms with Crippen LogP contribution in [0.1, 0.15) is 42.8 Å². The van der Waals surface area contributed by atoms with Crippen LogP contribution in [0.4, 0.5) is 0 Å². The maximum Gasteiger partial charge on any atom is 0.160 e. The fraction of sp³-hybridized carbons (Fsp3) is 0.286. The molecule has 3 heterocycles. The molecule has 0 bridgehead atoms. The molecule has 0 saturated carbocycles. The molecule has 0 spiro atoms. The minimum atomic E-state index is 0.293. The van der Waals surface area contributed by atoms with E-state index in [1.54, 1.807) is 12.5 Å². The fourth-order valence-corrected chi connectivity index (χ4v) is 3.34. The van der Waals surface area contributed by atoms with Gasteiger partial charge in [0.25, 0.3) is 0 Å². The van der Waals surface area contributed by atoms with Gasteiger partial charge in [0.2, 0.25) is 0 Å². The first-order valence-electron chi connectivity index (χ1n) is 9.00. The highest BCUT2D eigenvalue weighted by atomic mass is 16.3. The fourth-order valence-electron chi connectivity index (χ4n) is 3.34. The third kappa shape index (κ3) is 3.73. The van der Waals surface area contributed by atoms with E-state index in [4.69, 9.17) is 9.40 Å². The molecule has 0 aliphatic heterocycles. The maximum atomic E-state index is 5.38. The molecule has 0 amide bonds. The van der Waals surface area contributed by atoms with Crippen molar-refractivity contribution in [3.05, 3.63) is 71.7 Å². The number of aromatic nitrogens is 3. The summed E-state index contributed by atoms with van der Waals surface area (Å²) in [6, 6.07) is 8.07. The third-order valence-corrected chi connectivity index (χ3v) is 4.66. The number of nitrogens with zero attached hydrogens (tertiary/aromatic N) is 3. The highest BCUT2D eigenvalue weighted by Crippen LogP contribution is 2.29. The molecule has 3 aromatic rings. The Morgan fingerprint density at radius 2 is 2.27 bits per heavy atom. The van der Waals surface area contributed by atoms with Gasteiger partial charge in [0.05, 0.1) is 6.26 Å². The van der Waals surface area contributed by atoms with Crippen LogP contribution in [0.3, 0.4) is 0 Å². The summed E-state index contributed by atoms with van der Waals surface area (Å²) in [4.78, 5) is 13.5. The third-order valence-electron chi connectivity index (χ3n) is 4.66. The molecule has 3 aromatic heterocycles. The van der Waals surface area contributed by atoms with Crippen LogP contribution in [-0.2, 0) is 6.42 Å². The summed E-state index contributed by atoms with van der Waals surface area (Å²) < 4.78 is 5.38. The van der Waals surface area contributed by atoms with Gasteiger partial charge in [-0.2, -0.15) is 0 Å². The van der Waals surface area contributed by atoms with Gasteiger partial charge >= 0.3 is 0 Å². The van der Waals surface area contributed by atoms with Crippen LogP contribution < -0.4 is 5.32 Å². The molecule has 0 saturated heterocycles. The molecule has 5 heteroatoms. The quantitative estimate of drug-likeness (QED) is 0.750. The van der Waals surface area contributed by atoms with Crippen molar-refractivity contribution in [1.82, 2.24) is 20.3 Å². The van der Waals surface area contributed by atoms with E-state index < -0.39 is 0 Å². The molecule has 5 nitrogen and oxygen atoms in total. The molecule has 0 fully saturated rings. The van der Waals surface area contributed by atoms with E-state index >= 15 is 0 Å². The number of aryl methyl sites for hydroxylation is 1. The minimum Gasteiger partial charge on any atom is -0.465 e. The molecule has 1 unspecified atom stereocenters. The van der Waals surface area contributed by atoms with Crippen molar-refractivity contribution in [2.24, 2.45) is 0 Å². The summed E-state index contributed by atoms with van der Waals surface area (Å²) in [7, 11) is 0. The van der Waals surface area contributed by atoms with E-state index in [0.29, 0.717) is 6.04 Å². The highest BCUT2D eigenvalue weighted by Gasteiger charge is 2.22. The first kappa shape index (κ1) is 16.7. The van der Waals surface area contributed by atoms with E-state index in [1.165, 1.54) is 11.1 Å². The zero-order valence-corrected chi connectivity index (χ0v) is 14.9. The molecule has 0 aromatic carbocycles. The Labute approximate surface area is 153 Å². The van der Waals surface area contributed by atoms with Crippen LogP contribution in [0.25, 0.3) is 17.5 Å². The van der Waals surface area contributed by atoms with Crippen molar-refractivity contribution >= 4 is 6.08 Å². The topological polar surface area (TPSA) is 63.8 Å². The van der Waals surface area contributed by atoms with Crippen molar-refractivity contribution in [3.63, 3.8) is 0 Å². The van der Waals surface area contributed by atoms with Gasteiger partial charge < -0.3 is 9.73 Å². The molecule has 132 valence electrons. The van der Waals surface area contributed by atoms with Gasteiger partial charge in [-0.3, -0.25) is 4.98 Å². The Kier molecular flexibility index (Phi) is 4.88. The van der Waals surface area contributed by atoms with Gasteiger partial charge in [0.1, 0.15) is 5.76 Å². The number of nitrogens with one attached hydrogen (secondary N) is 1. The average Bonchev–Trinajstić information content (AvgIpc) is 3.19. The maximum absolute atomic E-state index is 5.38. The van der Waals surface area contributed by atoms with E-state index in [-0.39, 0.29) is 0 Å². The Hall–Kier alpha value is -2.79. The molecule has 1 N–H and O–H groups in total. The summed E-state index contributed by atoms with van der Waals surface area (Å²) in [5.74, 6) is 1.64. The van der Waals surface area contributed by atoms with Crippen molar-refractivity contribution < 1.29 is 4.42 Å². The SMILES string of the molecule is CC(=Cc1ccco1)CNC1CCCc2nc(-c3cccnc3)ncc21. The normalized spacial score (nSPS) is 17.1. The second-order valence-electron chi connectivity index (χ2n) is 6.67. The lowest BCUT2D eigenvalue weighted by molar-refractivity contribution is 0.468. The lowest BCUT2D eigenvalue weighted by atomic mass is 9.92. The predicted molar refractivity (Wildman–Crippen MR) is 101 cm³/mol.